The van der Waals surface area contributed by atoms with E-state index in [1.807, 2.05) is 24.4 Å². The molecule has 1 saturated heterocycles. The van der Waals surface area contributed by atoms with Crippen LogP contribution < -0.4 is 10.6 Å². The van der Waals surface area contributed by atoms with Crippen LogP contribution in [-0.2, 0) is 16.1 Å². The Balaban J connectivity index is 1.33. The number of H-pyrrole nitrogens is 1. The SMILES string of the molecule is O=C(Nc1ccc(F)cc1)[C@@H]1C[C@H](C(=O)NC2CC2)CN(Cc2c[nH]c3ccccc23)C1. The molecule has 2 amide bonds. The minimum atomic E-state index is -0.345. The van der Waals surface area contributed by atoms with Crippen LogP contribution in [0.5, 0.6) is 0 Å². The zero-order valence-corrected chi connectivity index (χ0v) is 17.8. The van der Waals surface area contributed by atoms with E-state index in [2.05, 4.69) is 26.6 Å². The quantitative estimate of drug-likeness (QED) is 0.554. The fourth-order valence-corrected chi connectivity index (χ4v) is 4.53. The fourth-order valence-electron chi connectivity index (χ4n) is 4.53. The molecule has 0 unspecified atom stereocenters. The number of hydrogen-bond acceptors (Lipinski definition) is 3. The first-order valence-corrected chi connectivity index (χ1v) is 11.2. The van der Waals surface area contributed by atoms with Crippen LogP contribution in [0.15, 0.2) is 54.7 Å². The Morgan fingerprint density at radius 1 is 1.00 bits per heavy atom. The molecule has 2 aromatic carbocycles. The normalized spacial score (nSPS) is 21.4. The number of fused-ring (bicyclic) bond motifs is 1. The maximum Gasteiger partial charge on any atom is 0.228 e. The second kappa shape index (κ2) is 8.74. The zero-order chi connectivity index (χ0) is 22.1. The van der Waals surface area contributed by atoms with Gasteiger partial charge in [0.1, 0.15) is 5.82 Å². The summed E-state index contributed by atoms with van der Waals surface area (Å²) in [6.07, 6.45) is 4.58. The van der Waals surface area contributed by atoms with Gasteiger partial charge >= 0.3 is 0 Å². The standard InChI is InChI=1S/C25H27FN4O2/c26-19-5-7-20(8-6-19)28-24(31)16-11-17(25(32)29-21-9-10-21)14-30(13-16)15-18-12-27-23-4-2-1-3-22(18)23/h1-8,12,16-17,21,27H,9-11,13-15H2,(H,28,31)(H,29,32)/t16-,17+/m1/s1. The number of nitrogens with one attached hydrogen (secondary N) is 3. The number of benzene rings is 2. The number of anilines is 1. The number of carbonyl (C=O) groups is 2. The van der Waals surface area contributed by atoms with Crippen LogP contribution in [0.3, 0.4) is 0 Å². The summed E-state index contributed by atoms with van der Waals surface area (Å²) in [5.74, 6) is -1.00. The van der Waals surface area contributed by atoms with Gasteiger partial charge in [0.15, 0.2) is 0 Å². The van der Waals surface area contributed by atoms with E-state index >= 15 is 0 Å². The Morgan fingerprint density at radius 3 is 2.47 bits per heavy atom. The van der Waals surface area contributed by atoms with Crippen LogP contribution >= 0.6 is 0 Å². The Bertz CT molecular complexity index is 1120. The van der Waals surface area contributed by atoms with Crippen molar-refractivity contribution < 1.29 is 14.0 Å². The zero-order valence-electron chi connectivity index (χ0n) is 17.8. The van der Waals surface area contributed by atoms with Crippen molar-refractivity contribution in [3.8, 4) is 0 Å². The third-order valence-electron chi connectivity index (χ3n) is 6.37. The molecule has 7 heteroatoms. The molecular weight excluding hydrogens is 407 g/mol. The van der Waals surface area contributed by atoms with Gasteiger partial charge in [0.25, 0.3) is 0 Å². The summed E-state index contributed by atoms with van der Waals surface area (Å²) in [5.41, 5.74) is 2.79. The number of amides is 2. The summed E-state index contributed by atoms with van der Waals surface area (Å²) in [7, 11) is 0. The smallest absolute Gasteiger partial charge is 0.228 e. The van der Waals surface area contributed by atoms with Crippen LogP contribution in [-0.4, -0.2) is 40.8 Å². The lowest BCUT2D eigenvalue weighted by molar-refractivity contribution is -0.130. The lowest BCUT2D eigenvalue weighted by atomic mass is 9.87. The number of hydrogen-bond donors (Lipinski definition) is 3. The highest BCUT2D eigenvalue weighted by Gasteiger charge is 2.37. The number of halogens is 1. The number of rotatable bonds is 6. The third kappa shape index (κ3) is 4.67. The third-order valence-corrected chi connectivity index (χ3v) is 6.37. The van der Waals surface area contributed by atoms with Crippen molar-refractivity contribution in [1.82, 2.24) is 15.2 Å². The summed E-state index contributed by atoms with van der Waals surface area (Å²) >= 11 is 0. The highest BCUT2D eigenvalue weighted by atomic mass is 19.1. The van der Waals surface area contributed by atoms with E-state index in [1.165, 1.54) is 12.1 Å². The highest BCUT2D eigenvalue weighted by molar-refractivity contribution is 5.93. The minimum Gasteiger partial charge on any atom is -0.361 e. The van der Waals surface area contributed by atoms with Crippen molar-refractivity contribution in [3.63, 3.8) is 0 Å². The molecule has 32 heavy (non-hydrogen) atoms. The molecule has 0 spiro atoms. The van der Waals surface area contributed by atoms with Gasteiger partial charge in [-0.1, -0.05) is 18.2 Å². The van der Waals surface area contributed by atoms with E-state index in [9.17, 15) is 14.0 Å². The molecule has 1 aliphatic carbocycles. The van der Waals surface area contributed by atoms with E-state index in [1.54, 1.807) is 12.1 Å². The van der Waals surface area contributed by atoms with Crippen molar-refractivity contribution >= 4 is 28.4 Å². The van der Waals surface area contributed by atoms with Crippen LogP contribution in [0.25, 0.3) is 10.9 Å². The molecule has 2 heterocycles. The largest absolute Gasteiger partial charge is 0.361 e. The van der Waals surface area contributed by atoms with Gasteiger partial charge in [-0.25, -0.2) is 4.39 Å². The summed E-state index contributed by atoms with van der Waals surface area (Å²) in [5, 5.41) is 7.15. The summed E-state index contributed by atoms with van der Waals surface area (Å²) in [6.45, 7) is 1.86. The number of aromatic nitrogens is 1. The van der Waals surface area contributed by atoms with Crippen molar-refractivity contribution in [3.05, 3.63) is 66.1 Å². The molecule has 2 atom stereocenters. The summed E-state index contributed by atoms with van der Waals surface area (Å²) in [6, 6.07) is 14.2. The Morgan fingerprint density at radius 2 is 1.72 bits per heavy atom. The lowest BCUT2D eigenvalue weighted by Crippen LogP contribution is -2.49. The fraction of sp³-hybridized carbons (Fsp3) is 0.360. The second-order valence-electron chi connectivity index (χ2n) is 8.96. The molecule has 1 aliphatic heterocycles. The first-order chi connectivity index (χ1) is 15.5. The molecule has 6 nitrogen and oxygen atoms in total. The Labute approximate surface area is 186 Å². The monoisotopic (exact) mass is 434 g/mol. The number of aromatic amines is 1. The predicted molar refractivity (Wildman–Crippen MR) is 121 cm³/mol. The maximum atomic E-state index is 13.2. The van der Waals surface area contributed by atoms with E-state index in [-0.39, 0.29) is 35.5 Å². The van der Waals surface area contributed by atoms with Crippen LogP contribution in [0, 0.1) is 17.7 Å². The first-order valence-electron chi connectivity index (χ1n) is 11.2. The maximum absolute atomic E-state index is 13.2. The first kappa shape index (κ1) is 20.7. The van der Waals surface area contributed by atoms with Gasteiger partial charge in [0.2, 0.25) is 11.8 Å². The molecule has 0 radical (unpaired) electrons. The van der Waals surface area contributed by atoms with Crippen molar-refractivity contribution in [2.24, 2.45) is 11.8 Å². The molecule has 2 fully saturated rings. The molecule has 166 valence electrons. The number of nitrogens with zero attached hydrogens (tertiary/aromatic N) is 1. The predicted octanol–water partition coefficient (Wildman–Crippen LogP) is 3.66. The van der Waals surface area contributed by atoms with Crippen molar-refractivity contribution in [1.29, 1.82) is 0 Å². The highest BCUT2D eigenvalue weighted by Crippen LogP contribution is 2.28. The van der Waals surface area contributed by atoms with Gasteiger partial charge in [-0.05, 0) is 55.2 Å². The van der Waals surface area contributed by atoms with E-state index < -0.39 is 0 Å². The molecule has 5 rings (SSSR count). The lowest BCUT2D eigenvalue weighted by Gasteiger charge is -2.36. The molecule has 3 aromatic rings. The number of para-hydroxylation sites is 1. The number of piperidine rings is 1. The molecule has 2 aliphatic rings. The van der Waals surface area contributed by atoms with Crippen molar-refractivity contribution in [2.75, 3.05) is 18.4 Å². The van der Waals surface area contributed by atoms with E-state index in [0.717, 1.165) is 29.3 Å². The van der Waals surface area contributed by atoms with Gasteiger partial charge in [-0.3, -0.25) is 14.5 Å². The van der Waals surface area contributed by atoms with Gasteiger partial charge in [-0.15, -0.1) is 0 Å². The van der Waals surface area contributed by atoms with Gasteiger partial charge in [0, 0.05) is 48.5 Å². The van der Waals surface area contributed by atoms with Gasteiger partial charge in [-0.2, -0.15) is 0 Å². The van der Waals surface area contributed by atoms with Crippen LogP contribution in [0.4, 0.5) is 10.1 Å². The van der Waals surface area contributed by atoms with Gasteiger partial charge < -0.3 is 15.6 Å². The average Bonchev–Trinajstić information content (AvgIpc) is 3.53. The minimum absolute atomic E-state index is 0.0377. The number of likely N-dealkylation sites (tertiary alicyclic amines) is 1. The topological polar surface area (TPSA) is 77.2 Å². The van der Waals surface area contributed by atoms with Crippen LogP contribution in [0.1, 0.15) is 24.8 Å². The van der Waals surface area contributed by atoms with E-state index in [0.29, 0.717) is 31.7 Å². The summed E-state index contributed by atoms with van der Waals surface area (Å²) in [4.78, 5) is 31.4. The Hall–Kier alpha value is -3.19. The second-order valence-corrected chi connectivity index (χ2v) is 8.96. The molecule has 1 saturated carbocycles. The number of carbonyl (C=O) groups excluding carboxylic acids is 2. The molecular formula is C25H27FN4O2. The summed E-state index contributed by atoms with van der Waals surface area (Å²) < 4.78 is 13.2. The van der Waals surface area contributed by atoms with E-state index in [4.69, 9.17) is 0 Å². The average molecular weight is 435 g/mol. The van der Waals surface area contributed by atoms with Crippen LogP contribution in [0.2, 0.25) is 0 Å². The van der Waals surface area contributed by atoms with Crippen molar-refractivity contribution in [2.45, 2.75) is 31.8 Å². The molecule has 1 aromatic heterocycles. The molecule has 3 N–H and O–H groups in total. The molecule has 0 bridgehead atoms. The van der Waals surface area contributed by atoms with Gasteiger partial charge in [0.05, 0.1) is 11.8 Å². The Kier molecular flexibility index (Phi) is 5.66.